The Bertz CT molecular complexity index is 3290. The van der Waals surface area contributed by atoms with Crippen molar-refractivity contribution in [2.45, 2.75) is 39.5 Å². The first-order chi connectivity index (χ1) is 29.8. The van der Waals surface area contributed by atoms with Crippen LogP contribution in [0.15, 0.2) is 200 Å². The minimum atomic E-state index is -0.115. The highest BCUT2D eigenvalue weighted by Gasteiger charge is 2.35. The number of nitrogens with zero attached hydrogens (tertiary/aromatic N) is 1. The van der Waals surface area contributed by atoms with E-state index in [1.54, 1.807) is 0 Å². The summed E-state index contributed by atoms with van der Waals surface area (Å²) in [6.07, 6.45) is 0.888. The number of hydrogen-bond donors (Lipinski definition) is 0. The van der Waals surface area contributed by atoms with Gasteiger partial charge in [0.2, 0.25) is 0 Å². The molecule has 0 amide bonds. The fourth-order valence-corrected chi connectivity index (χ4v) is 10.2. The van der Waals surface area contributed by atoms with Crippen LogP contribution in [0, 0.1) is 13.8 Å². The van der Waals surface area contributed by atoms with Gasteiger partial charge in [0.1, 0.15) is 0 Å². The summed E-state index contributed by atoms with van der Waals surface area (Å²) in [5.74, 6) is 0. The Morgan fingerprint density at radius 1 is 0.377 bits per heavy atom. The number of anilines is 3. The molecule has 1 nitrogen and oxygen atoms in total. The molecule has 0 atom stereocenters. The molecule has 292 valence electrons. The van der Waals surface area contributed by atoms with Crippen LogP contribution in [0.1, 0.15) is 47.2 Å². The molecule has 11 rings (SSSR count). The van der Waals surface area contributed by atoms with E-state index in [4.69, 9.17) is 0 Å². The third-order valence-electron chi connectivity index (χ3n) is 13.3. The largest absolute Gasteiger partial charge is 0.310 e. The molecule has 1 heteroatoms. The Labute approximate surface area is 359 Å². The zero-order valence-corrected chi connectivity index (χ0v) is 35.2. The van der Waals surface area contributed by atoms with Crippen LogP contribution >= 0.6 is 0 Å². The average molecular weight is 782 g/mol. The fourth-order valence-electron chi connectivity index (χ4n) is 10.2. The van der Waals surface area contributed by atoms with Crippen LogP contribution in [0.4, 0.5) is 17.1 Å². The predicted molar refractivity (Wildman–Crippen MR) is 261 cm³/mol. The molecule has 1 aliphatic carbocycles. The zero-order valence-electron chi connectivity index (χ0n) is 35.2. The van der Waals surface area contributed by atoms with Gasteiger partial charge in [-0.1, -0.05) is 177 Å². The van der Waals surface area contributed by atoms with Crippen LogP contribution in [0.5, 0.6) is 0 Å². The van der Waals surface area contributed by atoms with Gasteiger partial charge >= 0.3 is 0 Å². The first kappa shape index (κ1) is 36.8. The van der Waals surface area contributed by atoms with Crippen molar-refractivity contribution in [1.29, 1.82) is 0 Å². The van der Waals surface area contributed by atoms with Gasteiger partial charge in [0.25, 0.3) is 0 Å². The van der Waals surface area contributed by atoms with E-state index in [-0.39, 0.29) is 5.41 Å². The van der Waals surface area contributed by atoms with E-state index in [9.17, 15) is 0 Å². The van der Waals surface area contributed by atoms with Crippen molar-refractivity contribution in [3.8, 4) is 33.4 Å². The van der Waals surface area contributed by atoms with Gasteiger partial charge in [-0.3, -0.25) is 0 Å². The van der Waals surface area contributed by atoms with E-state index in [1.807, 2.05) is 0 Å². The third-order valence-corrected chi connectivity index (χ3v) is 13.3. The SMILES string of the molecule is Cc1cccc(Cc2ccc(-c3ccc(N(c4ccc5c(c4)C(C)(C)c4ccccc4-5)c4ccc5c6ccccc6c6ccccc6c5c4)cc3)cc2-c2ccccc2C)c1. The highest BCUT2D eigenvalue weighted by molar-refractivity contribution is 6.25. The molecule has 0 aromatic heterocycles. The number of benzene rings is 10. The molecule has 0 bridgehead atoms. The van der Waals surface area contributed by atoms with Crippen molar-refractivity contribution in [3.63, 3.8) is 0 Å². The van der Waals surface area contributed by atoms with E-state index in [1.165, 1.54) is 99.1 Å². The summed E-state index contributed by atoms with van der Waals surface area (Å²) in [5.41, 5.74) is 18.9. The molecule has 1 aliphatic rings. The maximum atomic E-state index is 2.45. The first-order valence-corrected chi connectivity index (χ1v) is 21.5. The van der Waals surface area contributed by atoms with E-state index in [0.29, 0.717) is 0 Å². The summed E-state index contributed by atoms with van der Waals surface area (Å²) in [6, 6.07) is 74.7. The van der Waals surface area contributed by atoms with Gasteiger partial charge in [-0.25, -0.2) is 0 Å². The Morgan fingerprint density at radius 2 is 0.951 bits per heavy atom. The minimum absolute atomic E-state index is 0.115. The number of fused-ring (bicyclic) bond motifs is 9. The lowest BCUT2D eigenvalue weighted by Crippen LogP contribution is -2.16. The second-order valence-corrected chi connectivity index (χ2v) is 17.5. The lowest BCUT2D eigenvalue weighted by atomic mass is 9.82. The van der Waals surface area contributed by atoms with Gasteiger partial charge in [-0.05, 0) is 156 Å². The molecule has 10 aromatic rings. The van der Waals surface area contributed by atoms with E-state index >= 15 is 0 Å². The van der Waals surface area contributed by atoms with Crippen molar-refractivity contribution in [2.75, 3.05) is 4.90 Å². The molecule has 0 saturated heterocycles. The molecular formula is C60H47N. The zero-order chi connectivity index (χ0) is 41.2. The van der Waals surface area contributed by atoms with E-state index < -0.39 is 0 Å². The normalized spacial score (nSPS) is 12.8. The first-order valence-electron chi connectivity index (χ1n) is 21.5. The van der Waals surface area contributed by atoms with Gasteiger partial charge < -0.3 is 4.90 Å². The molecule has 0 radical (unpaired) electrons. The number of rotatable bonds is 7. The monoisotopic (exact) mass is 781 g/mol. The van der Waals surface area contributed by atoms with Crippen molar-refractivity contribution in [1.82, 2.24) is 0 Å². The average Bonchev–Trinajstić information content (AvgIpc) is 3.52. The molecule has 0 fully saturated rings. The van der Waals surface area contributed by atoms with Crippen molar-refractivity contribution in [2.24, 2.45) is 0 Å². The molecular weight excluding hydrogens is 735 g/mol. The maximum absolute atomic E-state index is 2.45. The molecule has 0 N–H and O–H groups in total. The molecule has 0 heterocycles. The van der Waals surface area contributed by atoms with Crippen molar-refractivity contribution < 1.29 is 0 Å². The lowest BCUT2D eigenvalue weighted by molar-refractivity contribution is 0.660. The number of aryl methyl sites for hydroxylation is 2. The van der Waals surface area contributed by atoms with E-state index in [2.05, 4.69) is 233 Å². The third kappa shape index (κ3) is 6.23. The predicted octanol–water partition coefficient (Wildman–Crippen LogP) is 16.5. The van der Waals surface area contributed by atoms with Gasteiger partial charge in [-0.15, -0.1) is 0 Å². The van der Waals surface area contributed by atoms with Crippen LogP contribution in [-0.4, -0.2) is 0 Å². The van der Waals surface area contributed by atoms with Crippen molar-refractivity contribution >= 4 is 49.4 Å². The van der Waals surface area contributed by atoms with Crippen LogP contribution in [0.25, 0.3) is 65.7 Å². The molecule has 0 aliphatic heterocycles. The van der Waals surface area contributed by atoms with Gasteiger partial charge in [0.15, 0.2) is 0 Å². The van der Waals surface area contributed by atoms with Crippen LogP contribution in [0.3, 0.4) is 0 Å². The van der Waals surface area contributed by atoms with Crippen LogP contribution < -0.4 is 4.90 Å². The fraction of sp³-hybridized carbons (Fsp3) is 0.100. The Morgan fingerprint density at radius 3 is 1.67 bits per heavy atom. The highest BCUT2D eigenvalue weighted by Crippen LogP contribution is 2.51. The van der Waals surface area contributed by atoms with Gasteiger partial charge in [0, 0.05) is 22.5 Å². The summed E-state index contributed by atoms with van der Waals surface area (Å²) < 4.78 is 0. The van der Waals surface area contributed by atoms with Gasteiger partial charge in [-0.2, -0.15) is 0 Å². The summed E-state index contributed by atoms with van der Waals surface area (Å²) in [7, 11) is 0. The number of hydrogen-bond acceptors (Lipinski definition) is 1. The maximum Gasteiger partial charge on any atom is 0.0468 e. The van der Waals surface area contributed by atoms with Gasteiger partial charge in [0.05, 0.1) is 0 Å². The Kier molecular flexibility index (Phi) is 8.76. The molecule has 10 aromatic carbocycles. The molecule has 0 spiro atoms. The summed E-state index contributed by atoms with van der Waals surface area (Å²) in [4.78, 5) is 2.45. The topological polar surface area (TPSA) is 3.24 Å². The lowest BCUT2D eigenvalue weighted by Gasteiger charge is -2.29. The second-order valence-electron chi connectivity index (χ2n) is 17.5. The quantitative estimate of drug-likeness (QED) is 0.146. The summed E-state index contributed by atoms with van der Waals surface area (Å²) in [6.45, 7) is 9.13. The molecule has 0 saturated carbocycles. The summed E-state index contributed by atoms with van der Waals surface area (Å²) >= 11 is 0. The van der Waals surface area contributed by atoms with Crippen molar-refractivity contribution in [3.05, 3.63) is 234 Å². The molecule has 0 unspecified atom stereocenters. The van der Waals surface area contributed by atoms with Crippen LogP contribution in [0.2, 0.25) is 0 Å². The van der Waals surface area contributed by atoms with Crippen LogP contribution in [-0.2, 0) is 11.8 Å². The smallest absolute Gasteiger partial charge is 0.0468 e. The standard InChI is InChI=1S/C60H47N/c1-39-14-13-16-41(34-39)35-44-25-24-43(36-56(44)48-17-6-5-15-40(48)2)42-26-28-45(29-27-42)61(47-31-33-55-54-22-11-12-23-58(54)60(3,4)59(55)38-47)46-30-32-53-51-20-8-7-18-49(51)50-19-9-10-21-52(50)57(53)37-46/h5-34,36-38H,35H2,1-4H3. The second kappa shape index (κ2) is 14.5. The molecule has 61 heavy (non-hydrogen) atoms. The Hall–Kier alpha value is -7.22. The minimum Gasteiger partial charge on any atom is -0.310 e. The highest BCUT2D eigenvalue weighted by atomic mass is 15.1. The summed E-state index contributed by atoms with van der Waals surface area (Å²) in [5, 5.41) is 7.66. The Balaban J connectivity index is 1.06. The van der Waals surface area contributed by atoms with E-state index in [0.717, 1.165) is 23.5 Å².